The van der Waals surface area contributed by atoms with Crippen molar-refractivity contribution in [3.63, 3.8) is 0 Å². The molecule has 0 aromatic heterocycles. The number of aryl methyl sites for hydroxylation is 2. The summed E-state index contributed by atoms with van der Waals surface area (Å²) in [6, 6.07) is 16.9. The number of carbonyl (C=O) groups is 1. The first-order chi connectivity index (χ1) is 17.1. The average molecular weight is 616 g/mol. The van der Waals surface area contributed by atoms with Crippen LogP contribution in [-0.4, -0.2) is 20.9 Å². The van der Waals surface area contributed by atoms with E-state index in [0.29, 0.717) is 14.8 Å². The fourth-order valence-corrected chi connectivity index (χ4v) is 5.11. The average Bonchev–Trinajstić information content (AvgIpc) is 2.83. The van der Waals surface area contributed by atoms with Crippen molar-refractivity contribution >= 4 is 50.4 Å². The molecule has 0 atom stereocenters. The van der Waals surface area contributed by atoms with E-state index in [0.717, 1.165) is 16.7 Å². The highest BCUT2D eigenvalue weighted by atomic mass is 127. The zero-order valence-corrected chi connectivity index (χ0v) is 23.2. The molecular formula is C27H25IN2O5S. The molecule has 0 aliphatic rings. The van der Waals surface area contributed by atoms with Gasteiger partial charge in [-0.05, 0) is 103 Å². The number of halogens is 1. The minimum absolute atomic E-state index is 0.0187. The molecule has 0 aliphatic carbocycles. The number of anilines is 1. The van der Waals surface area contributed by atoms with Crippen LogP contribution in [0.2, 0.25) is 0 Å². The molecule has 0 unspecified atom stereocenters. The maximum Gasteiger partial charge on any atom is 0.339 e. The van der Waals surface area contributed by atoms with Crippen molar-refractivity contribution in [1.82, 2.24) is 0 Å². The van der Waals surface area contributed by atoms with Gasteiger partial charge in [0.05, 0.1) is 10.2 Å². The van der Waals surface area contributed by atoms with Crippen LogP contribution in [0.5, 0.6) is 11.5 Å². The number of hydrogen-bond donors (Lipinski definition) is 1. The van der Waals surface area contributed by atoms with Gasteiger partial charge in [0.25, 0.3) is 5.91 Å². The minimum atomic E-state index is -4.11. The Balaban J connectivity index is 1.95. The number of amides is 1. The van der Waals surface area contributed by atoms with E-state index in [2.05, 4.69) is 5.32 Å². The van der Waals surface area contributed by atoms with Crippen LogP contribution >= 0.6 is 22.6 Å². The van der Waals surface area contributed by atoms with Crippen LogP contribution in [0.1, 0.15) is 29.2 Å². The second kappa shape index (κ2) is 11.6. The third-order valence-corrected chi connectivity index (χ3v) is 7.40. The second-order valence-electron chi connectivity index (χ2n) is 7.98. The minimum Gasteiger partial charge on any atom is -0.490 e. The Morgan fingerprint density at radius 3 is 2.44 bits per heavy atom. The number of nitrogens with zero attached hydrogens (tertiary/aromatic N) is 1. The molecule has 0 heterocycles. The fraction of sp³-hybridized carbons (Fsp3) is 0.185. The fourth-order valence-electron chi connectivity index (χ4n) is 3.27. The lowest BCUT2D eigenvalue weighted by Gasteiger charge is -2.15. The summed E-state index contributed by atoms with van der Waals surface area (Å²) in [4.78, 5) is 12.8. The number of carbonyl (C=O) groups excluding carboxylic acids is 1. The summed E-state index contributed by atoms with van der Waals surface area (Å²) < 4.78 is 37.3. The molecule has 186 valence electrons. The number of benzene rings is 3. The second-order valence-corrected chi connectivity index (χ2v) is 10.7. The molecule has 9 heteroatoms. The topological polar surface area (TPSA) is 105 Å². The quantitative estimate of drug-likeness (QED) is 0.146. The number of ether oxygens (including phenoxy) is 1. The zero-order chi connectivity index (χ0) is 26.5. The van der Waals surface area contributed by atoms with Gasteiger partial charge in [0.2, 0.25) is 0 Å². The standard InChI is InChI=1S/C27H25IN2O5S/c1-5-34-25-15-20(13-21(16-29)27(31)30-24-8-6-7-18(3)19(24)4)14-23(28)26(25)35-36(32,33)22-11-9-17(2)10-12-22/h6-15H,5H2,1-4H3,(H,30,31)/b21-13+. The predicted molar refractivity (Wildman–Crippen MR) is 147 cm³/mol. The third-order valence-electron chi connectivity index (χ3n) is 5.36. The van der Waals surface area contributed by atoms with Gasteiger partial charge in [-0.2, -0.15) is 13.7 Å². The Labute approximate surface area is 225 Å². The van der Waals surface area contributed by atoms with E-state index in [9.17, 15) is 18.5 Å². The van der Waals surface area contributed by atoms with Gasteiger partial charge in [0, 0.05) is 5.69 Å². The molecule has 1 N–H and O–H groups in total. The molecule has 0 radical (unpaired) electrons. The maximum absolute atomic E-state index is 12.9. The summed E-state index contributed by atoms with van der Waals surface area (Å²) in [7, 11) is -4.11. The van der Waals surface area contributed by atoms with E-state index >= 15 is 0 Å². The molecule has 1 amide bonds. The molecule has 0 fully saturated rings. The van der Waals surface area contributed by atoms with Gasteiger partial charge in [-0.1, -0.05) is 29.8 Å². The van der Waals surface area contributed by atoms with Gasteiger partial charge in [0.15, 0.2) is 11.5 Å². The van der Waals surface area contributed by atoms with Crippen LogP contribution in [0.3, 0.4) is 0 Å². The SMILES string of the molecule is CCOc1cc(/C=C(\C#N)C(=O)Nc2cccc(C)c2C)cc(I)c1OS(=O)(=O)c1ccc(C)cc1. The highest BCUT2D eigenvalue weighted by Crippen LogP contribution is 2.37. The van der Waals surface area contributed by atoms with Gasteiger partial charge in [0.1, 0.15) is 16.5 Å². The molecule has 0 saturated carbocycles. The van der Waals surface area contributed by atoms with E-state index in [1.807, 2.05) is 61.6 Å². The molecule has 7 nitrogen and oxygen atoms in total. The van der Waals surface area contributed by atoms with Crippen molar-refractivity contribution in [2.24, 2.45) is 0 Å². The van der Waals surface area contributed by atoms with E-state index < -0.39 is 16.0 Å². The van der Waals surface area contributed by atoms with Crippen LogP contribution in [0, 0.1) is 35.7 Å². The zero-order valence-electron chi connectivity index (χ0n) is 20.3. The molecule has 3 aromatic carbocycles. The monoisotopic (exact) mass is 616 g/mol. The first kappa shape index (κ1) is 27.2. The van der Waals surface area contributed by atoms with Crippen molar-refractivity contribution in [3.05, 3.63) is 86.0 Å². The smallest absolute Gasteiger partial charge is 0.339 e. The number of rotatable bonds is 8. The molecule has 36 heavy (non-hydrogen) atoms. The highest BCUT2D eigenvalue weighted by molar-refractivity contribution is 14.1. The summed E-state index contributed by atoms with van der Waals surface area (Å²) in [6.07, 6.45) is 1.42. The Bertz CT molecular complexity index is 1470. The van der Waals surface area contributed by atoms with Crippen LogP contribution in [0.15, 0.2) is 65.1 Å². The van der Waals surface area contributed by atoms with E-state index in [1.54, 1.807) is 31.2 Å². The summed E-state index contributed by atoms with van der Waals surface area (Å²) >= 11 is 1.94. The van der Waals surface area contributed by atoms with E-state index in [-0.39, 0.29) is 28.6 Å². The Morgan fingerprint density at radius 1 is 1.11 bits per heavy atom. The molecule has 0 spiro atoms. The van der Waals surface area contributed by atoms with Crippen molar-refractivity contribution in [2.75, 3.05) is 11.9 Å². The van der Waals surface area contributed by atoms with Crippen molar-refractivity contribution in [3.8, 4) is 17.6 Å². The van der Waals surface area contributed by atoms with Crippen LogP contribution in [0.4, 0.5) is 5.69 Å². The Morgan fingerprint density at radius 2 is 1.81 bits per heavy atom. The lowest BCUT2D eigenvalue weighted by molar-refractivity contribution is -0.112. The number of nitriles is 1. The van der Waals surface area contributed by atoms with Gasteiger partial charge >= 0.3 is 10.1 Å². The lowest BCUT2D eigenvalue weighted by Crippen LogP contribution is -2.14. The van der Waals surface area contributed by atoms with Crippen LogP contribution in [-0.2, 0) is 14.9 Å². The summed E-state index contributed by atoms with van der Waals surface area (Å²) in [6.45, 7) is 7.69. The predicted octanol–water partition coefficient (Wildman–Crippen LogP) is 5.93. The first-order valence-corrected chi connectivity index (χ1v) is 13.5. The molecule has 3 rings (SSSR count). The van der Waals surface area contributed by atoms with E-state index in [1.165, 1.54) is 24.3 Å². The van der Waals surface area contributed by atoms with Crippen molar-refractivity contribution in [2.45, 2.75) is 32.6 Å². The maximum atomic E-state index is 12.9. The molecular weight excluding hydrogens is 591 g/mol. The Hall–Kier alpha value is -3.36. The normalized spacial score (nSPS) is 11.5. The molecule has 0 saturated heterocycles. The largest absolute Gasteiger partial charge is 0.490 e. The number of hydrogen-bond acceptors (Lipinski definition) is 6. The molecule has 3 aromatic rings. The van der Waals surface area contributed by atoms with Crippen LogP contribution in [0.25, 0.3) is 6.08 Å². The van der Waals surface area contributed by atoms with Crippen molar-refractivity contribution in [1.29, 1.82) is 5.26 Å². The summed E-state index contributed by atoms with van der Waals surface area (Å²) in [5.74, 6) is -0.339. The molecule has 0 bridgehead atoms. The van der Waals surface area contributed by atoms with Gasteiger partial charge in [-0.15, -0.1) is 0 Å². The first-order valence-electron chi connectivity index (χ1n) is 11.0. The van der Waals surface area contributed by atoms with Gasteiger partial charge in [-0.25, -0.2) is 0 Å². The van der Waals surface area contributed by atoms with Crippen LogP contribution < -0.4 is 14.2 Å². The summed E-state index contributed by atoms with van der Waals surface area (Å²) in [5, 5.41) is 12.4. The molecule has 0 aliphatic heterocycles. The third kappa shape index (κ3) is 6.44. The summed E-state index contributed by atoms with van der Waals surface area (Å²) in [5.41, 5.74) is 3.83. The van der Waals surface area contributed by atoms with Crippen molar-refractivity contribution < 1.29 is 22.1 Å². The lowest BCUT2D eigenvalue weighted by atomic mass is 10.1. The Kier molecular flexibility index (Phi) is 8.76. The highest BCUT2D eigenvalue weighted by Gasteiger charge is 2.22. The van der Waals surface area contributed by atoms with E-state index in [4.69, 9.17) is 8.92 Å². The van der Waals surface area contributed by atoms with Gasteiger partial charge in [-0.3, -0.25) is 4.79 Å². The number of nitrogens with one attached hydrogen (secondary N) is 1. The van der Waals surface area contributed by atoms with Gasteiger partial charge < -0.3 is 14.2 Å².